The molecule has 0 saturated heterocycles. The molecular weight excluding hydrogens is 324 g/mol. The molecule has 0 spiro atoms. The fourth-order valence-electron chi connectivity index (χ4n) is 3.08. The molecule has 142 valence electrons. The van der Waals surface area contributed by atoms with Crippen molar-refractivity contribution in [2.24, 2.45) is 5.92 Å². The van der Waals surface area contributed by atoms with Gasteiger partial charge in [0.1, 0.15) is 0 Å². The average Bonchev–Trinajstić information content (AvgIpc) is 2.92. The Labute approximate surface area is 157 Å². The summed E-state index contributed by atoms with van der Waals surface area (Å²) in [7, 11) is 4.01. The minimum absolute atomic E-state index is 0.0155. The van der Waals surface area contributed by atoms with Crippen LogP contribution in [0.5, 0.6) is 0 Å². The SMILES string of the molecule is CCc1c(C(=O)NCCN(C)C)c(CC(C)C)nn1-c1cccc(C)c1. The van der Waals surface area contributed by atoms with E-state index in [4.69, 9.17) is 5.10 Å². The molecule has 1 heterocycles. The summed E-state index contributed by atoms with van der Waals surface area (Å²) in [5.41, 5.74) is 4.82. The van der Waals surface area contributed by atoms with Gasteiger partial charge in [-0.25, -0.2) is 4.68 Å². The van der Waals surface area contributed by atoms with E-state index < -0.39 is 0 Å². The summed E-state index contributed by atoms with van der Waals surface area (Å²) in [5.74, 6) is 0.423. The standard InChI is InChI=1S/C21H32N4O/c1-7-19-20(21(26)22-11-12-24(5)6)18(13-15(2)3)23-25(19)17-10-8-9-16(4)14-17/h8-10,14-15H,7,11-13H2,1-6H3,(H,22,26). The minimum atomic E-state index is -0.0155. The topological polar surface area (TPSA) is 50.2 Å². The number of hydrogen-bond donors (Lipinski definition) is 1. The molecule has 2 rings (SSSR count). The number of rotatable bonds is 8. The lowest BCUT2D eigenvalue weighted by Gasteiger charge is -2.12. The largest absolute Gasteiger partial charge is 0.351 e. The molecule has 0 aliphatic carbocycles. The molecule has 0 saturated carbocycles. The summed E-state index contributed by atoms with van der Waals surface area (Å²) < 4.78 is 1.95. The van der Waals surface area contributed by atoms with E-state index in [0.717, 1.165) is 42.0 Å². The fraction of sp³-hybridized carbons (Fsp3) is 0.524. The van der Waals surface area contributed by atoms with E-state index in [1.165, 1.54) is 5.56 Å². The summed E-state index contributed by atoms with van der Waals surface area (Å²) in [4.78, 5) is 15.0. The first-order valence-corrected chi connectivity index (χ1v) is 9.44. The van der Waals surface area contributed by atoms with Gasteiger partial charge in [-0.15, -0.1) is 0 Å². The number of nitrogens with zero attached hydrogens (tertiary/aromatic N) is 3. The predicted octanol–water partition coefficient (Wildman–Crippen LogP) is 3.23. The number of carbonyl (C=O) groups excluding carboxylic acids is 1. The van der Waals surface area contributed by atoms with Crippen LogP contribution in [0.25, 0.3) is 5.69 Å². The Balaban J connectivity index is 2.45. The van der Waals surface area contributed by atoms with Crippen molar-refractivity contribution in [1.82, 2.24) is 20.0 Å². The van der Waals surface area contributed by atoms with Crippen LogP contribution < -0.4 is 5.32 Å². The van der Waals surface area contributed by atoms with Gasteiger partial charge in [-0.3, -0.25) is 4.79 Å². The van der Waals surface area contributed by atoms with Gasteiger partial charge >= 0.3 is 0 Å². The summed E-state index contributed by atoms with van der Waals surface area (Å²) in [6.45, 7) is 9.92. The normalized spacial score (nSPS) is 11.4. The molecule has 5 heteroatoms. The number of aromatic nitrogens is 2. The van der Waals surface area contributed by atoms with Gasteiger partial charge in [-0.2, -0.15) is 5.10 Å². The monoisotopic (exact) mass is 356 g/mol. The van der Waals surface area contributed by atoms with Gasteiger partial charge in [0.2, 0.25) is 0 Å². The number of carbonyl (C=O) groups is 1. The van der Waals surface area contributed by atoms with Crippen molar-refractivity contribution < 1.29 is 4.79 Å². The molecular formula is C21H32N4O. The predicted molar refractivity (Wildman–Crippen MR) is 107 cm³/mol. The zero-order valence-electron chi connectivity index (χ0n) is 17.0. The highest BCUT2D eigenvalue weighted by Crippen LogP contribution is 2.22. The maximum atomic E-state index is 12.9. The third-order valence-electron chi connectivity index (χ3n) is 4.31. The zero-order valence-corrected chi connectivity index (χ0v) is 17.0. The quantitative estimate of drug-likeness (QED) is 0.790. The van der Waals surface area contributed by atoms with Crippen LogP contribution in [-0.2, 0) is 12.8 Å². The minimum Gasteiger partial charge on any atom is -0.351 e. The Hall–Kier alpha value is -2.14. The van der Waals surface area contributed by atoms with Gasteiger partial charge in [-0.1, -0.05) is 32.9 Å². The Morgan fingerprint density at radius 3 is 2.62 bits per heavy atom. The first kappa shape index (κ1) is 20.2. The Bertz CT molecular complexity index is 746. The van der Waals surface area contributed by atoms with E-state index in [-0.39, 0.29) is 5.91 Å². The zero-order chi connectivity index (χ0) is 19.3. The van der Waals surface area contributed by atoms with E-state index in [9.17, 15) is 4.79 Å². The molecule has 26 heavy (non-hydrogen) atoms. The molecule has 0 aliphatic heterocycles. The van der Waals surface area contributed by atoms with Crippen molar-refractivity contribution in [2.75, 3.05) is 27.2 Å². The second-order valence-electron chi connectivity index (χ2n) is 7.53. The van der Waals surface area contributed by atoms with E-state index in [0.29, 0.717) is 12.5 Å². The summed E-state index contributed by atoms with van der Waals surface area (Å²) in [6.07, 6.45) is 1.55. The molecule has 0 bridgehead atoms. The van der Waals surface area contributed by atoms with Crippen LogP contribution in [0.15, 0.2) is 24.3 Å². The van der Waals surface area contributed by atoms with Crippen LogP contribution in [0.3, 0.4) is 0 Å². The van der Waals surface area contributed by atoms with Crippen molar-refractivity contribution in [1.29, 1.82) is 0 Å². The van der Waals surface area contributed by atoms with E-state index in [1.54, 1.807) is 0 Å². The molecule has 1 N–H and O–H groups in total. The molecule has 1 aromatic heterocycles. The van der Waals surface area contributed by atoms with Gasteiger partial charge in [0, 0.05) is 13.1 Å². The second-order valence-corrected chi connectivity index (χ2v) is 7.53. The third-order valence-corrected chi connectivity index (χ3v) is 4.31. The van der Waals surface area contributed by atoms with E-state index >= 15 is 0 Å². The van der Waals surface area contributed by atoms with Crippen LogP contribution in [0.4, 0.5) is 0 Å². The highest BCUT2D eigenvalue weighted by Gasteiger charge is 2.23. The molecule has 0 aliphatic rings. The van der Waals surface area contributed by atoms with Gasteiger partial charge in [0.15, 0.2) is 0 Å². The summed E-state index contributed by atoms with van der Waals surface area (Å²) in [5, 5.41) is 7.90. The highest BCUT2D eigenvalue weighted by molar-refractivity contribution is 5.96. The molecule has 1 amide bonds. The van der Waals surface area contributed by atoms with Crippen LogP contribution in [0.2, 0.25) is 0 Å². The molecule has 0 unspecified atom stereocenters. The molecule has 1 aromatic carbocycles. The highest BCUT2D eigenvalue weighted by atomic mass is 16.1. The van der Waals surface area contributed by atoms with Crippen molar-refractivity contribution in [2.45, 2.75) is 40.5 Å². The number of nitrogens with one attached hydrogen (secondary N) is 1. The van der Waals surface area contributed by atoms with Crippen LogP contribution in [0.1, 0.15) is 48.1 Å². The number of likely N-dealkylation sites (N-methyl/N-ethyl adjacent to an activating group) is 1. The molecule has 5 nitrogen and oxygen atoms in total. The Morgan fingerprint density at radius 1 is 1.31 bits per heavy atom. The van der Waals surface area contributed by atoms with Crippen LogP contribution in [-0.4, -0.2) is 47.8 Å². The van der Waals surface area contributed by atoms with Gasteiger partial charge < -0.3 is 10.2 Å². The van der Waals surface area contributed by atoms with E-state index in [2.05, 4.69) is 50.0 Å². The first-order valence-electron chi connectivity index (χ1n) is 9.44. The summed E-state index contributed by atoms with van der Waals surface area (Å²) >= 11 is 0. The van der Waals surface area contributed by atoms with Crippen LogP contribution >= 0.6 is 0 Å². The van der Waals surface area contributed by atoms with Gasteiger partial charge in [0.25, 0.3) is 5.91 Å². The van der Waals surface area contributed by atoms with Crippen molar-refractivity contribution in [3.05, 3.63) is 46.8 Å². The Kier molecular flexibility index (Phi) is 6.98. The molecule has 0 radical (unpaired) electrons. The lowest BCUT2D eigenvalue weighted by molar-refractivity contribution is 0.0949. The van der Waals surface area contributed by atoms with Crippen LogP contribution in [0, 0.1) is 12.8 Å². The number of benzene rings is 1. The van der Waals surface area contributed by atoms with Gasteiger partial charge in [-0.05, 0) is 57.5 Å². The van der Waals surface area contributed by atoms with Crippen molar-refractivity contribution in [3.8, 4) is 5.69 Å². The maximum absolute atomic E-state index is 12.9. The lowest BCUT2D eigenvalue weighted by atomic mass is 10.0. The number of aryl methyl sites for hydroxylation is 1. The number of amides is 1. The molecule has 0 fully saturated rings. The van der Waals surface area contributed by atoms with Crippen molar-refractivity contribution in [3.63, 3.8) is 0 Å². The maximum Gasteiger partial charge on any atom is 0.255 e. The first-order chi connectivity index (χ1) is 12.3. The lowest BCUT2D eigenvalue weighted by Crippen LogP contribution is -2.32. The van der Waals surface area contributed by atoms with E-state index in [1.807, 2.05) is 30.9 Å². The smallest absolute Gasteiger partial charge is 0.255 e. The second kappa shape index (κ2) is 8.99. The average molecular weight is 357 g/mol. The Morgan fingerprint density at radius 2 is 2.04 bits per heavy atom. The summed E-state index contributed by atoms with van der Waals surface area (Å²) in [6, 6.07) is 8.26. The molecule has 2 aromatic rings. The van der Waals surface area contributed by atoms with Crippen molar-refractivity contribution >= 4 is 5.91 Å². The molecule has 0 atom stereocenters. The number of hydrogen-bond acceptors (Lipinski definition) is 3. The third kappa shape index (κ3) is 4.94. The van der Waals surface area contributed by atoms with Gasteiger partial charge in [0.05, 0.1) is 22.6 Å². The fourth-order valence-corrected chi connectivity index (χ4v) is 3.08.